The van der Waals surface area contributed by atoms with Crippen LogP contribution in [-0.4, -0.2) is 13.1 Å². The molecule has 0 aliphatic rings. The maximum atomic E-state index is 3.38. The number of hydrogen-bond acceptors (Lipinski definition) is 1. The lowest BCUT2D eigenvalue weighted by Crippen LogP contribution is -2.40. The average Bonchev–Trinajstić information content (AvgIpc) is 2.11. The second-order valence-corrected chi connectivity index (χ2v) is 8.83. The zero-order valence-electron chi connectivity index (χ0n) is 14.6. The van der Waals surface area contributed by atoms with Gasteiger partial charge in [-0.05, 0) is 49.0 Å². The van der Waals surface area contributed by atoms with E-state index in [-0.39, 0.29) is 0 Å². The highest BCUT2D eigenvalue weighted by atomic mass is 14.9. The van der Waals surface area contributed by atoms with Crippen LogP contribution < -0.4 is 5.32 Å². The Hall–Kier alpha value is -0.0400. The molecule has 1 nitrogen and oxygen atoms in total. The summed E-state index contributed by atoms with van der Waals surface area (Å²) in [7, 11) is 2.06. The van der Waals surface area contributed by atoms with Gasteiger partial charge in [-0.3, -0.25) is 0 Å². The molecule has 0 spiro atoms. The van der Waals surface area contributed by atoms with E-state index in [4.69, 9.17) is 0 Å². The van der Waals surface area contributed by atoms with E-state index in [1.54, 1.807) is 0 Å². The minimum absolute atomic E-state index is 0.372. The third-order valence-corrected chi connectivity index (χ3v) is 4.66. The number of rotatable bonds is 6. The Morgan fingerprint density at radius 3 is 1.61 bits per heavy atom. The van der Waals surface area contributed by atoms with Gasteiger partial charge in [0, 0.05) is 6.04 Å². The number of nitrogens with one attached hydrogen (secondary N) is 1. The van der Waals surface area contributed by atoms with Gasteiger partial charge in [-0.2, -0.15) is 0 Å². The van der Waals surface area contributed by atoms with Crippen molar-refractivity contribution in [2.24, 2.45) is 22.2 Å². The van der Waals surface area contributed by atoms with Crippen molar-refractivity contribution in [1.29, 1.82) is 0 Å². The van der Waals surface area contributed by atoms with Gasteiger partial charge < -0.3 is 5.32 Å². The maximum absolute atomic E-state index is 3.38. The highest BCUT2D eigenvalue weighted by Crippen LogP contribution is 2.48. The van der Waals surface area contributed by atoms with E-state index in [1.807, 2.05) is 0 Å². The molecular weight excluding hydrogens is 218 g/mol. The molecule has 110 valence electrons. The van der Waals surface area contributed by atoms with Crippen LogP contribution in [0, 0.1) is 22.2 Å². The van der Waals surface area contributed by atoms with Crippen molar-refractivity contribution in [3.63, 3.8) is 0 Å². The lowest BCUT2D eigenvalue weighted by atomic mass is 9.60. The third-order valence-electron chi connectivity index (χ3n) is 4.66. The van der Waals surface area contributed by atoms with E-state index < -0.39 is 0 Å². The van der Waals surface area contributed by atoms with Crippen LogP contribution in [0.3, 0.4) is 0 Å². The molecule has 0 saturated heterocycles. The fourth-order valence-electron chi connectivity index (χ4n) is 3.65. The highest BCUT2D eigenvalue weighted by molar-refractivity contribution is 4.90. The topological polar surface area (TPSA) is 12.0 Å². The Kier molecular flexibility index (Phi) is 5.93. The van der Waals surface area contributed by atoms with Crippen molar-refractivity contribution in [3.8, 4) is 0 Å². The second-order valence-electron chi connectivity index (χ2n) is 8.83. The molecule has 0 aromatic carbocycles. The van der Waals surface area contributed by atoms with Gasteiger partial charge in [-0.15, -0.1) is 0 Å². The van der Waals surface area contributed by atoms with Crippen molar-refractivity contribution in [2.75, 3.05) is 7.05 Å². The molecule has 0 aliphatic heterocycles. The lowest BCUT2D eigenvalue weighted by Gasteiger charge is -2.46. The molecule has 0 aliphatic carbocycles. The predicted molar refractivity (Wildman–Crippen MR) is 83.9 cm³/mol. The van der Waals surface area contributed by atoms with Crippen molar-refractivity contribution >= 4 is 0 Å². The van der Waals surface area contributed by atoms with E-state index in [9.17, 15) is 0 Å². The fraction of sp³-hybridized carbons (Fsp3) is 1.00. The van der Waals surface area contributed by atoms with Gasteiger partial charge in [0.1, 0.15) is 0 Å². The smallest absolute Gasteiger partial charge is 0.00409 e. The Bertz CT molecular complexity index is 245. The highest BCUT2D eigenvalue weighted by Gasteiger charge is 2.39. The van der Waals surface area contributed by atoms with Crippen LogP contribution in [0.2, 0.25) is 0 Å². The van der Waals surface area contributed by atoms with E-state index >= 15 is 0 Å². The van der Waals surface area contributed by atoms with Crippen LogP contribution in [0.5, 0.6) is 0 Å². The van der Waals surface area contributed by atoms with Gasteiger partial charge in [0.25, 0.3) is 0 Å². The summed E-state index contributed by atoms with van der Waals surface area (Å²) >= 11 is 0. The summed E-state index contributed by atoms with van der Waals surface area (Å²) in [6.07, 6.45) is 2.51. The Morgan fingerprint density at radius 2 is 1.28 bits per heavy atom. The molecule has 0 saturated carbocycles. The molecule has 0 aromatic heterocycles. The number of hydrogen-bond donors (Lipinski definition) is 1. The van der Waals surface area contributed by atoms with Crippen LogP contribution in [0.25, 0.3) is 0 Å². The molecule has 0 amide bonds. The predicted octanol–water partition coefficient (Wildman–Crippen LogP) is 5.11. The average molecular weight is 255 g/mol. The second kappa shape index (κ2) is 5.94. The van der Waals surface area contributed by atoms with E-state index in [1.165, 1.54) is 12.8 Å². The van der Waals surface area contributed by atoms with Crippen LogP contribution in [0.4, 0.5) is 0 Å². The first-order chi connectivity index (χ1) is 7.82. The summed E-state index contributed by atoms with van der Waals surface area (Å²) in [5.74, 6) is 0.708. The van der Waals surface area contributed by atoms with Crippen LogP contribution in [-0.2, 0) is 0 Å². The van der Waals surface area contributed by atoms with Crippen molar-refractivity contribution in [1.82, 2.24) is 5.32 Å². The van der Waals surface area contributed by atoms with Gasteiger partial charge in [0.2, 0.25) is 0 Å². The molecule has 1 heteroatoms. The van der Waals surface area contributed by atoms with E-state index in [0.29, 0.717) is 28.2 Å². The minimum Gasteiger partial charge on any atom is -0.317 e. The first-order valence-corrected chi connectivity index (χ1v) is 7.49. The summed E-state index contributed by atoms with van der Waals surface area (Å²) in [4.78, 5) is 0. The molecule has 0 rings (SSSR count). The molecule has 1 N–H and O–H groups in total. The molecule has 0 heterocycles. The van der Waals surface area contributed by atoms with E-state index in [2.05, 4.69) is 74.7 Å². The molecule has 0 bridgehead atoms. The van der Waals surface area contributed by atoms with Crippen LogP contribution in [0.1, 0.15) is 75.2 Å². The summed E-state index contributed by atoms with van der Waals surface area (Å²) < 4.78 is 0. The van der Waals surface area contributed by atoms with Gasteiger partial charge in [-0.25, -0.2) is 0 Å². The van der Waals surface area contributed by atoms with Gasteiger partial charge in [0.05, 0.1) is 0 Å². The SMILES string of the molecule is CNC(C)CC(C)(C)C(C)C(C)(C)CC(C)(C)C. The monoisotopic (exact) mass is 255 g/mol. The molecular formula is C17H37N. The molecule has 0 fully saturated rings. The summed E-state index contributed by atoms with van der Waals surface area (Å²) in [6, 6.07) is 0.591. The zero-order valence-corrected chi connectivity index (χ0v) is 14.6. The summed E-state index contributed by atoms with van der Waals surface area (Å²) in [5.41, 5.74) is 1.16. The molecule has 2 atom stereocenters. The first kappa shape index (κ1) is 18.0. The fourth-order valence-corrected chi connectivity index (χ4v) is 3.65. The zero-order chi connectivity index (χ0) is 14.8. The standard InChI is InChI=1S/C17H37N/c1-13(18-10)11-16(6,7)14(2)17(8,9)12-15(3,4)5/h13-14,18H,11-12H2,1-10H3. The van der Waals surface area contributed by atoms with Crippen molar-refractivity contribution < 1.29 is 0 Å². The summed E-state index contributed by atoms with van der Waals surface area (Å²) in [6.45, 7) is 21.5. The molecule has 18 heavy (non-hydrogen) atoms. The van der Waals surface area contributed by atoms with E-state index in [0.717, 1.165) is 0 Å². The van der Waals surface area contributed by atoms with Crippen molar-refractivity contribution in [3.05, 3.63) is 0 Å². The Labute approximate surface area is 116 Å². The first-order valence-electron chi connectivity index (χ1n) is 7.49. The Morgan fingerprint density at radius 1 is 0.833 bits per heavy atom. The summed E-state index contributed by atoms with van der Waals surface area (Å²) in [5, 5.41) is 3.38. The molecule has 0 radical (unpaired) electrons. The Balaban J connectivity index is 4.84. The minimum atomic E-state index is 0.372. The molecule has 0 aromatic rings. The third kappa shape index (κ3) is 5.73. The largest absolute Gasteiger partial charge is 0.317 e. The van der Waals surface area contributed by atoms with Gasteiger partial charge >= 0.3 is 0 Å². The van der Waals surface area contributed by atoms with Gasteiger partial charge in [-0.1, -0.05) is 55.4 Å². The van der Waals surface area contributed by atoms with Crippen molar-refractivity contribution in [2.45, 2.75) is 81.2 Å². The normalized spacial score (nSPS) is 17.7. The molecule has 2 unspecified atom stereocenters. The maximum Gasteiger partial charge on any atom is 0.00409 e. The van der Waals surface area contributed by atoms with Crippen LogP contribution in [0.15, 0.2) is 0 Å². The van der Waals surface area contributed by atoms with Crippen LogP contribution >= 0.6 is 0 Å². The van der Waals surface area contributed by atoms with Gasteiger partial charge in [0.15, 0.2) is 0 Å². The quantitative estimate of drug-likeness (QED) is 0.695. The lowest BCUT2D eigenvalue weighted by molar-refractivity contribution is 0.0404.